The molecule has 1 aliphatic heterocycles. The number of hydrogen-bond acceptors (Lipinski definition) is 3. The lowest BCUT2D eigenvalue weighted by Gasteiger charge is -2.26. The summed E-state index contributed by atoms with van der Waals surface area (Å²) in [6.07, 6.45) is 1.73. The van der Waals surface area contributed by atoms with E-state index in [4.69, 9.17) is 4.74 Å². The molecule has 3 rings (SSSR count). The summed E-state index contributed by atoms with van der Waals surface area (Å²) in [7, 11) is -1.22. The van der Waals surface area contributed by atoms with E-state index >= 15 is 0 Å². The molecule has 1 N–H and O–H groups in total. The topological polar surface area (TPSA) is 55.4 Å². The average Bonchev–Trinajstić information content (AvgIpc) is 2.59. The zero-order valence-corrected chi connectivity index (χ0v) is 13.8. The van der Waals surface area contributed by atoms with Crippen molar-refractivity contribution in [3.8, 4) is 5.75 Å². The maximum absolute atomic E-state index is 12.6. The summed E-state index contributed by atoms with van der Waals surface area (Å²) < 4.78 is 18.6. The van der Waals surface area contributed by atoms with E-state index in [1.807, 2.05) is 48.5 Å². The quantitative estimate of drug-likeness (QED) is 0.938. The van der Waals surface area contributed by atoms with Gasteiger partial charge >= 0.3 is 0 Å². The van der Waals surface area contributed by atoms with Crippen molar-refractivity contribution < 1.29 is 13.7 Å². The van der Waals surface area contributed by atoms with E-state index in [-0.39, 0.29) is 12.0 Å². The Labute approximate surface area is 138 Å². The van der Waals surface area contributed by atoms with Crippen LogP contribution in [-0.2, 0) is 22.0 Å². The summed E-state index contributed by atoms with van der Waals surface area (Å²) in [6, 6.07) is 15.1. The highest BCUT2D eigenvalue weighted by Crippen LogP contribution is 2.30. The van der Waals surface area contributed by atoms with E-state index in [1.54, 1.807) is 0 Å². The number of fused-ring (bicyclic) bond motifs is 1. The van der Waals surface area contributed by atoms with E-state index < -0.39 is 10.8 Å². The highest BCUT2D eigenvalue weighted by Gasteiger charge is 2.21. The van der Waals surface area contributed by atoms with Gasteiger partial charge in [-0.3, -0.25) is 4.79 Å². The number of ether oxygens (including phenoxy) is 1. The Morgan fingerprint density at radius 2 is 2.00 bits per heavy atom. The molecule has 2 aromatic rings. The lowest BCUT2D eigenvalue weighted by Crippen LogP contribution is -2.36. The number of carbonyl (C=O) groups is 1. The standard InChI is InChI=1S/C18H19NO3S/c1-13(20)19-12-15-9-7-14-8-10-17(11-18(14)22-15)23(21)16-5-3-2-4-6-16/h2-6,8,10-11,15H,7,9,12H2,1H3,(H,19,20)/t15-,23?/m1/s1. The summed E-state index contributed by atoms with van der Waals surface area (Å²) in [5.74, 6) is 0.715. The number of hydrogen-bond donors (Lipinski definition) is 1. The van der Waals surface area contributed by atoms with Gasteiger partial charge in [0.05, 0.1) is 17.3 Å². The van der Waals surface area contributed by atoms with Crippen LogP contribution in [0.5, 0.6) is 5.75 Å². The second-order valence-corrected chi connectivity index (χ2v) is 7.05. The molecular formula is C18H19NO3S. The molecule has 120 valence electrons. The van der Waals surface area contributed by atoms with Crippen LogP contribution in [0.25, 0.3) is 0 Å². The fourth-order valence-corrected chi connectivity index (χ4v) is 3.69. The predicted octanol–water partition coefficient (Wildman–Crippen LogP) is 2.68. The summed E-state index contributed by atoms with van der Waals surface area (Å²) in [6.45, 7) is 2.00. The summed E-state index contributed by atoms with van der Waals surface area (Å²) >= 11 is 0. The van der Waals surface area contributed by atoms with Crippen molar-refractivity contribution >= 4 is 16.7 Å². The van der Waals surface area contributed by atoms with Gasteiger partial charge in [-0.25, -0.2) is 4.21 Å². The second kappa shape index (κ2) is 6.96. The van der Waals surface area contributed by atoms with Gasteiger partial charge in [-0.15, -0.1) is 0 Å². The zero-order valence-electron chi connectivity index (χ0n) is 13.0. The molecule has 4 nitrogen and oxygen atoms in total. The smallest absolute Gasteiger partial charge is 0.217 e. The normalized spacial score (nSPS) is 17.7. The average molecular weight is 329 g/mol. The van der Waals surface area contributed by atoms with Crippen LogP contribution >= 0.6 is 0 Å². The Balaban J connectivity index is 1.78. The molecule has 5 heteroatoms. The van der Waals surface area contributed by atoms with Gasteiger partial charge < -0.3 is 10.1 Å². The molecule has 2 atom stereocenters. The van der Waals surface area contributed by atoms with Crippen LogP contribution in [0.3, 0.4) is 0 Å². The molecule has 0 radical (unpaired) electrons. The Bertz CT molecular complexity index is 730. The first kappa shape index (κ1) is 15.7. The number of amides is 1. The lowest BCUT2D eigenvalue weighted by atomic mass is 10.0. The van der Waals surface area contributed by atoms with Crippen LogP contribution in [0.2, 0.25) is 0 Å². The molecule has 0 aromatic heterocycles. The third-order valence-electron chi connectivity index (χ3n) is 3.82. The Kier molecular flexibility index (Phi) is 4.76. The zero-order chi connectivity index (χ0) is 16.2. The molecule has 1 unspecified atom stereocenters. The third-order valence-corrected chi connectivity index (χ3v) is 5.20. The van der Waals surface area contributed by atoms with E-state index in [0.717, 1.165) is 33.9 Å². The monoisotopic (exact) mass is 329 g/mol. The van der Waals surface area contributed by atoms with Crippen LogP contribution in [0.4, 0.5) is 0 Å². The highest BCUT2D eigenvalue weighted by atomic mass is 32.2. The number of aryl methyl sites for hydroxylation is 1. The molecule has 0 bridgehead atoms. The Hall–Kier alpha value is -2.14. The van der Waals surface area contributed by atoms with Crippen LogP contribution in [0.1, 0.15) is 18.9 Å². The molecule has 0 fully saturated rings. The summed E-state index contributed by atoms with van der Waals surface area (Å²) in [5, 5.41) is 2.79. The molecule has 0 aliphatic carbocycles. The summed E-state index contributed by atoms with van der Waals surface area (Å²) in [4.78, 5) is 12.5. The molecule has 0 spiro atoms. The Morgan fingerprint density at radius 1 is 1.22 bits per heavy atom. The molecule has 0 saturated heterocycles. The SMILES string of the molecule is CC(=O)NC[C@H]1CCc2ccc(S(=O)c3ccccc3)cc2O1. The molecule has 1 heterocycles. The van der Waals surface area contributed by atoms with Crippen LogP contribution in [0, 0.1) is 0 Å². The van der Waals surface area contributed by atoms with E-state index in [2.05, 4.69) is 5.32 Å². The van der Waals surface area contributed by atoms with E-state index in [0.29, 0.717) is 6.54 Å². The van der Waals surface area contributed by atoms with Crippen LogP contribution in [0.15, 0.2) is 58.3 Å². The maximum Gasteiger partial charge on any atom is 0.217 e. The molecule has 1 amide bonds. The second-order valence-electron chi connectivity index (χ2n) is 5.57. The van der Waals surface area contributed by atoms with E-state index in [1.165, 1.54) is 6.92 Å². The van der Waals surface area contributed by atoms with Gasteiger partial charge in [-0.2, -0.15) is 0 Å². The number of benzene rings is 2. The third kappa shape index (κ3) is 3.79. The van der Waals surface area contributed by atoms with Crippen molar-refractivity contribution in [2.24, 2.45) is 0 Å². The van der Waals surface area contributed by atoms with Crippen LogP contribution in [-0.4, -0.2) is 22.8 Å². The first-order valence-corrected chi connectivity index (χ1v) is 8.79. The molecular weight excluding hydrogens is 310 g/mol. The predicted molar refractivity (Wildman–Crippen MR) is 89.0 cm³/mol. The number of rotatable bonds is 4. The first-order valence-electron chi connectivity index (χ1n) is 7.64. The van der Waals surface area contributed by atoms with Crippen molar-refractivity contribution in [1.29, 1.82) is 0 Å². The highest BCUT2D eigenvalue weighted by molar-refractivity contribution is 7.85. The lowest BCUT2D eigenvalue weighted by molar-refractivity contribution is -0.119. The largest absolute Gasteiger partial charge is 0.488 e. The first-order chi connectivity index (χ1) is 11.1. The minimum absolute atomic E-state index is 0.0354. The van der Waals surface area contributed by atoms with Crippen LogP contribution < -0.4 is 10.1 Å². The van der Waals surface area contributed by atoms with Crippen molar-refractivity contribution in [1.82, 2.24) is 5.32 Å². The summed E-state index contributed by atoms with van der Waals surface area (Å²) in [5.41, 5.74) is 1.12. The molecule has 0 saturated carbocycles. The van der Waals surface area contributed by atoms with Gasteiger partial charge in [0, 0.05) is 16.7 Å². The minimum atomic E-state index is -1.22. The molecule has 23 heavy (non-hydrogen) atoms. The minimum Gasteiger partial charge on any atom is -0.488 e. The van der Waals surface area contributed by atoms with E-state index in [9.17, 15) is 9.00 Å². The van der Waals surface area contributed by atoms with Gasteiger partial charge in [-0.1, -0.05) is 24.3 Å². The van der Waals surface area contributed by atoms with Gasteiger partial charge in [-0.05, 0) is 42.7 Å². The molecule has 2 aromatic carbocycles. The van der Waals surface area contributed by atoms with Crippen molar-refractivity contribution in [3.05, 3.63) is 54.1 Å². The maximum atomic E-state index is 12.6. The van der Waals surface area contributed by atoms with Crippen molar-refractivity contribution in [3.63, 3.8) is 0 Å². The van der Waals surface area contributed by atoms with Crippen molar-refractivity contribution in [2.45, 2.75) is 35.7 Å². The molecule has 1 aliphatic rings. The van der Waals surface area contributed by atoms with Gasteiger partial charge in [0.2, 0.25) is 5.91 Å². The van der Waals surface area contributed by atoms with Gasteiger partial charge in [0.1, 0.15) is 11.9 Å². The van der Waals surface area contributed by atoms with Gasteiger partial charge in [0.25, 0.3) is 0 Å². The van der Waals surface area contributed by atoms with Crippen molar-refractivity contribution in [2.75, 3.05) is 6.54 Å². The fourth-order valence-electron chi connectivity index (χ4n) is 2.60. The number of carbonyl (C=O) groups excluding carboxylic acids is 1. The fraction of sp³-hybridized carbons (Fsp3) is 0.278. The number of nitrogens with one attached hydrogen (secondary N) is 1. The Morgan fingerprint density at radius 3 is 2.74 bits per heavy atom. The van der Waals surface area contributed by atoms with Gasteiger partial charge in [0.15, 0.2) is 0 Å².